The lowest BCUT2D eigenvalue weighted by molar-refractivity contribution is 0.0446. The van der Waals surface area contributed by atoms with Crippen molar-refractivity contribution in [2.75, 3.05) is 0 Å². The third-order valence-corrected chi connectivity index (χ3v) is 2.23. The van der Waals surface area contributed by atoms with Crippen LogP contribution in [-0.2, 0) is 0 Å². The van der Waals surface area contributed by atoms with E-state index in [4.69, 9.17) is 0 Å². The summed E-state index contributed by atoms with van der Waals surface area (Å²) in [4.78, 5) is 0. The van der Waals surface area contributed by atoms with Gasteiger partial charge in [0.2, 0.25) is 0 Å². The van der Waals surface area contributed by atoms with Gasteiger partial charge < -0.3 is 0 Å². The average Bonchev–Trinajstić information content (AvgIpc) is 1.64. The second-order valence-corrected chi connectivity index (χ2v) is 3.80. The van der Waals surface area contributed by atoms with Crippen LogP contribution in [0.3, 0.4) is 0 Å². The molecule has 0 saturated heterocycles. The minimum atomic E-state index is -1.02. The van der Waals surface area contributed by atoms with Crippen molar-refractivity contribution in [3.8, 4) is 0 Å². The van der Waals surface area contributed by atoms with Crippen LogP contribution in [0.2, 0.25) is 0 Å². The first-order chi connectivity index (χ1) is 3.81. The molecule has 0 saturated carbocycles. The molecule has 0 aromatic carbocycles. The van der Waals surface area contributed by atoms with Crippen LogP contribution in [0, 0.1) is 5.41 Å². The van der Waals surface area contributed by atoms with Gasteiger partial charge in [-0.2, -0.15) is 0 Å². The molecule has 0 unspecified atom stereocenters. The van der Waals surface area contributed by atoms with Crippen LogP contribution in [0.25, 0.3) is 0 Å². The number of halogens is 1. The van der Waals surface area contributed by atoms with Gasteiger partial charge >= 0.3 is 0 Å². The number of hydrogen-bond acceptors (Lipinski definition) is 0. The van der Waals surface area contributed by atoms with Gasteiger partial charge in [-0.15, -0.1) is 0 Å². The Morgan fingerprint density at radius 2 is 1.44 bits per heavy atom. The second kappa shape index (κ2) is 2.28. The number of hydrogen-bond donors (Lipinski definition) is 0. The van der Waals surface area contributed by atoms with Gasteiger partial charge in [-0.25, -0.2) is 4.39 Å². The summed E-state index contributed by atoms with van der Waals surface area (Å²) < 4.78 is 13.3. The molecule has 1 atom stereocenters. The molecule has 9 heavy (non-hydrogen) atoms. The molecule has 0 bridgehead atoms. The van der Waals surface area contributed by atoms with Gasteiger partial charge in [-0.05, 0) is 18.8 Å². The summed E-state index contributed by atoms with van der Waals surface area (Å²) in [6, 6.07) is 0. The van der Waals surface area contributed by atoms with Gasteiger partial charge in [0.15, 0.2) is 0 Å². The Hall–Kier alpha value is -0.0700. The first-order valence-electron chi connectivity index (χ1n) is 3.50. The summed E-state index contributed by atoms with van der Waals surface area (Å²) >= 11 is 0. The molecule has 0 fully saturated rings. The van der Waals surface area contributed by atoms with Gasteiger partial charge in [-0.1, -0.05) is 27.7 Å². The summed E-state index contributed by atoms with van der Waals surface area (Å²) in [5.41, 5.74) is -1.24. The summed E-state index contributed by atoms with van der Waals surface area (Å²) in [6.07, 6.45) is 0.594. The van der Waals surface area contributed by atoms with Crippen molar-refractivity contribution >= 4 is 0 Å². The van der Waals surface area contributed by atoms with Crippen molar-refractivity contribution in [1.29, 1.82) is 0 Å². The Balaban J connectivity index is 4.14. The van der Waals surface area contributed by atoms with Gasteiger partial charge in [0.25, 0.3) is 0 Å². The van der Waals surface area contributed by atoms with Crippen molar-refractivity contribution < 1.29 is 4.39 Å². The molecule has 0 radical (unpaired) electrons. The molecule has 0 N–H and O–H groups in total. The Kier molecular flexibility index (Phi) is 2.26. The zero-order chi connectivity index (χ0) is 7.71. The first-order valence-corrected chi connectivity index (χ1v) is 3.50. The van der Waals surface area contributed by atoms with Crippen LogP contribution < -0.4 is 0 Å². The van der Waals surface area contributed by atoms with E-state index in [0.717, 1.165) is 0 Å². The molecular weight excluding hydrogens is 115 g/mol. The normalized spacial score (nSPS) is 19.3. The fourth-order valence-electron chi connectivity index (χ4n) is 0.530. The molecule has 0 amide bonds. The van der Waals surface area contributed by atoms with E-state index in [9.17, 15) is 4.39 Å². The lowest BCUT2D eigenvalue weighted by atomic mass is 9.78. The molecule has 0 nitrogen and oxygen atoms in total. The molecule has 0 aromatic rings. The maximum atomic E-state index is 13.3. The van der Waals surface area contributed by atoms with Crippen molar-refractivity contribution in [1.82, 2.24) is 0 Å². The highest BCUT2D eigenvalue weighted by molar-refractivity contribution is 4.84. The molecule has 0 spiro atoms. The summed E-state index contributed by atoms with van der Waals surface area (Å²) in [6.45, 7) is 9.32. The van der Waals surface area contributed by atoms with Crippen LogP contribution >= 0.6 is 0 Å². The lowest BCUT2D eigenvalue weighted by Gasteiger charge is -2.33. The fraction of sp³-hybridized carbons (Fsp3) is 1.00. The highest BCUT2D eigenvalue weighted by atomic mass is 19.1. The summed E-state index contributed by atoms with van der Waals surface area (Å²) in [5, 5.41) is 0. The quantitative estimate of drug-likeness (QED) is 0.514. The highest BCUT2D eigenvalue weighted by Crippen LogP contribution is 2.35. The summed E-state index contributed by atoms with van der Waals surface area (Å²) in [5.74, 6) is 0. The largest absolute Gasteiger partial charge is 0.244 e. The average molecular weight is 132 g/mol. The molecule has 0 aliphatic carbocycles. The number of rotatable bonds is 1. The molecular formula is C8H17F. The molecule has 56 valence electrons. The van der Waals surface area contributed by atoms with Gasteiger partial charge in [0.1, 0.15) is 5.67 Å². The van der Waals surface area contributed by atoms with Crippen LogP contribution in [-0.4, -0.2) is 5.67 Å². The molecule has 0 heterocycles. The molecule has 1 heteroatoms. The zero-order valence-electron chi connectivity index (χ0n) is 7.09. The SMILES string of the molecule is CC[C@](C)(F)C(C)(C)C. The Labute approximate surface area is 57.5 Å². The Bertz CT molecular complexity index is 87.2. The van der Waals surface area contributed by atoms with Crippen LogP contribution in [0.15, 0.2) is 0 Å². The highest BCUT2D eigenvalue weighted by Gasteiger charge is 2.35. The van der Waals surface area contributed by atoms with Gasteiger partial charge in [-0.3, -0.25) is 0 Å². The standard InChI is InChI=1S/C8H17F/c1-6-8(5,9)7(2,3)4/h6H2,1-5H3/t8-/m0/s1. The maximum Gasteiger partial charge on any atom is 0.112 e. The third kappa shape index (κ3) is 1.96. The smallest absolute Gasteiger partial charge is 0.112 e. The number of alkyl halides is 1. The Morgan fingerprint density at radius 3 is 1.44 bits per heavy atom. The Morgan fingerprint density at radius 1 is 1.11 bits per heavy atom. The van der Waals surface area contributed by atoms with E-state index in [2.05, 4.69) is 0 Å². The zero-order valence-corrected chi connectivity index (χ0v) is 7.09. The van der Waals surface area contributed by atoms with E-state index >= 15 is 0 Å². The molecule has 0 aromatic heterocycles. The van der Waals surface area contributed by atoms with E-state index in [1.54, 1.807) is 6.92 Å². The van der Waals surface area contributed by atoms with E-state index in [1.807, 2.05) is 27.7 Å². The van der Waals surface area contributed by atoms with Crippen molar-refractivity contribution in [2.45, 2.75) is 46.7 Å². The topological polar surface area (TPSA) is 0 Å². The van der Waals surface area contributed by atoms with Gasteiger partial charge in [0.05, 0.1) is 0 Å². The second-order valence-electron chi connectivity index (χ2n) is 3.80. The molecule has 0 rings (SSSR count). The van der Waals surface area contributed by atoms with Crippen LogP contribution in [0.5, 0.6) is 0 Å². The monoisotopic (exact) mass is 132 g/mol. The minimum Gasteiger partial charge on any atom is -0.244 e. The predicted molar refractivity (Wildman–Crippen MR) is 39.3 cm³/mol. The minimum absolute atomic E-state index is 0.220. The van der Waals surface area contributed by atoms with Crippen LogP contribution in [0.1, 0.15) is 41.0 Å². The lowest BCUT2D eigenvalue weighted by Crippen LogP contribution is -2.34. The van der Waals surface area contributed by atoms with E-state index < -0.39 is 5.67 Å². The van der Waals surface area contributed by atoms with Crippen molar-refractivity contribution in [3.63, 3.8) is 0 Å². The summed E-state index contributed by atoms with van der Waals surface area (Å²) in [7, 11) is 0. The van der Waals surface area contributed by atoms with Crippen LogP contribution in [0.4, 0.5) is 4.39 Å². The third-order valence-electron chi connectivity index (χ3n) is 2.23. The molecule has 0 aliphatic rings. The molecule has 0 aliphatic heterocycles. The van der Waals surface area contributed by atoms with Crippen molar-refractivity contribution in [3.05, 3.63) is 0 Å². The first kappa shape index (κ1) is 8.93. The fourth-order valence-corrected chi connectivity index (χ4v) is 0.530. The maximum absolute atomic E-state index is 13.3. The van der Waals surface area contributed by atoms with Crippen molar-refractivity contribution in [2.24, 2.45) is 5.41 Å². The van der Waals surface area contributed by atoms with E-state index in [0.29, 0.717) is 6.42 Å². The van der Waals surface area contributed by atoms with E-state index in [1.165, 1.54) is 0 Å². The van der Waals surface area contributed by atoms with E-state index in [-0.39, 0.29) is 5.41 Å². The predicted octanol–water partition coefficient (Wildman–Crippen LogP) is 3.17. The van der Waals surface area contributed by atoms with Gasteiger partial charge in [0, 0.05) is 0 Å².